The van der Waals surface area contributed by atoms with Gasteiger partial charge in [0.15, 0.2) is 0 Å². The van der Waals surface area contributed by atoms with Gasteiger partial charge in [0.25, 0.3) is 26.0 Å². The molecule has 0 saturated carbocycles. The number of hydrogen-bond donors (Lipinski definition) is 2. The number of aliphatic carboxylic acids is 1. The molecule has 0 bridgehead atoms. The van der Waals surface area contributed by atoms with Crippen molar-refractivity contribution in [3.05, 3.63) is 89.2 Å². The second-order valence-electron chi connectivity index (χ2n) is 9.54. The minimum atomic E-state index is -4.34. The summed E-state index contributed by atoms with van der Waals surface area (Å²) in [5.41, 5.74) is 3.28. The summed E-state index contributed by atoms with van der Waals surface area (Å²) in [6, 6.07) is 13.0. The largest absolute Gasteiger partial charge is 0.481 e. The summed E-state index contributed by atoms with van der Waals surface area (Å²) in [7, 11) is -8.51. The quantitative estimate of drug-likeness (QED) is 0.375. The molecule has 2 aromatic carbocycles. The van der Waals surface area contributed by atoms with Crippen molar-refractivity contribution in [2.75, 3.05) is 23.7 Å². The van der Waals surface area contributed by atoms with Gasteiger partial charge in [-0.2, -0.15) is 8.42 Å². The Hall–Kier alpha value is -3.74. The molecule has 1 aliphatic heterocycles. The van der Waals surface area contributed by atoms with Crippen molar-refractivity contribution in [3.8, 4) is 0 Å². The van der Waals surface area contributed by atoms with Crippen LogP contribution in [0.3, 0.4) is 0 Å². The number of sulfonamides is 1. The van der Waals surface area contributed by atoms with Gasteiger partial charge in [-0.3, -0.25) is 14.1 Å². The van der Waals surface area contributed by atoms with Gasteiger partial charge in [0.2, 0.25) is 0 Å². The number of amides is 1. The van der Waals surface area contributed by atoms with Crippen LogP contribution in [-0.4, -0.2) is 61.5 Å². The van der Waals surface area contributed by atoms with Crippen molar-refractivity contribution in [1.82, 2.24) is 4.31 Å². The zero-order valence-corrected chi connectivity index (χ0v) is 23.5. The molecule has 0 radical (unpaired) electrons. The van der Waals surface area contributed by atoms with Crippen LogP contribution in [0.2, 0.25) is 0 Å². The first kappa shape index (κ1) is 29.2. The number of allylic oxidation sites excluding steroid dienone is 4. The first-order chi connectivity index (χ1) is 18.9. The number of carboxylic acid groups (broad SMARTS) is 1. The number of hydrogen-bond acceptors (Lipinski definition) is 7. The lowest BCUT2D eigenvalue weighted by Crippen LogP contribution is -2.40. The minimum absolute atomic E-state index is 0.0687. The Morgan fingerprint density at radius 2 is 1.70 bits per heavy atom. The lowest BCUT2D eigenvalue weighted by atomic mass is 9.86. The van der Waals surface area contributed by atoms with E-state index in [4.69, 9.17) is 5.11 Å². The predicted molar refractivity (Wildman–Crippen MR) is 151 cm³/mol. The molecule has 40 heavy (non-hydrogen) atoms. The van der Waals surface area contributed by atoms with Gasteiger partial charge in [-0.25, -0.2) is 12.7 Å². The van der Waals surface area contributed by atoms with Crippen LogP contribution in [0.25, 0.3) is 5.57 Å². The summed E-state index contributed by atoms with van der Waals surface area (Å²) in [6.45, 7) is 1.71. The second kappa shape index (κ2) is 11.8. The SMILES string of the molecule is Cc1ccc(S(=O)(=O)N(CCCC(=O)O)C(=O)C2=C3CC=CC=C3N(CCCS(=O)(=O)O)c3ccccc32)cc1. The Morgan fingerprint density at radius 3 is 2.38 bits per heavy atom. The van der Waals surface area contributed by atoms with Crippen molar-refractivity contribution < 1.29 is 36.1 Å². The van der Waals surface area contributed by atoms with Crippen LogP contribution in [-0.2, 0) is 29.7 Å². The topological polar surface area (TPSA) is 149 Å². The molecule has 2 aliphatic rings. The fourth-order valence-electron chi connectivity index (χ4n) is 4.80. The van der Waals surface area contributed by atoms with Gasteiger partial charge in [-0.05, 0) is 56.0 Å². The van der Waals surface area contributed by atoms with Crippen molar-refractivity contribution in [2.24, 2.45) is 0 Å². The third-order valence-corrected chi connectivity index (χ3v) is 9.26. The molecule has 212 valence electrons. The standard InChI is InChI=1S/C28H30N2O8S2/c1-20-13-15-21(16-14-20)40(37,38)30(18-6-12-26(31)32)28(33)27-22-8-2-4-10-24(22)29(17-7-19-39(34,35)36)25-11-5-3-9-23(25)27/h2-5,8,10-11,13-16H,6-7,9,12,17-19H2,1H3,(H,31,32)(H,34,35,36). The maximum absolute atomic E-state index is 14.3. The molecule has 1 amide bonds. The van der Waals surface area contributed by atoms with Crippen LogP contribution in [0, 0.1) is 6.92 Å². The number of benzene rings is 2. The number of carboxylic acids is 1. The Bertz CT molecular complexity index is 1620. The smallest absolute Gasteiger partial charge is 0.303 e. The highest BCUT2D eigenvalue weighted by molar-refractivity contribution is 7.89. The number of carbonyl (C=O) groups excluding carboxylic acids is 1. The fraction of sp³-hybridized carbons (Fsp3) is 0.286. The van der Waals surface area contributed by atoms with Crippen molar-refractivity contribution in [2.45, 2.75) is 37.5 Å². The van der Waals surface area contributed by atoms with E-state index in [1.165, 1.54) is 12.1 Å². The van der Waals surface area contributed by atoms with E-state index < -0.39 is 37.8 Å². The summed E-state index contributed by atoms with van der Waals surface area (Å²) < 4.78 is 60.2. The van der Waals surface area contributed by atoms with E-state index in [-0.39, 0.29) is 42.8 Å². The highest BCUT2D eigenvalue weighted by Gasteiger charge is 2.38. The second-order valence-corrected chi connectivity index (χ2v) is 13.0. The summed E-state index contributed by atoms with van der Waals surface area (Å²) >= 11 is 0. The van der Waals surface area contributed by atoms with Crippen LogP contribution < -0.4 is 4.90 Å². The monoisotopic (exact) mass is 586 g/mol. The van der Waals surface area contributed by atoms with Gasteiger partial charge in [-0.1, -0.05) is 48.0 Å². The molecular weight excluding hydrogens is 556 g/mol. The third kappa shape index (κ3) is 6.35. The van der Waals surface area contributed by atoms with Crippen molar-refractivity contribution >= 4 is 43.3 Å². The van der Waals surface area contributed by atoms with Crippen molar-refractivity contribution in [1.29, 1.82) is 0 Å². The van der Waals surface area contributed by atoms with Crippen LogP contribution >= 0.6 is 0 Å². The Labute approximate surface area is 233 Å². The van der Waals surface area contributed by atoms with Gasteiger partial charge < -0.3 is 10.0 Å². The maximum Gasteiger partial charge on any atom is 0.303 e. The van der Waals surface area contributed by atoms with E-state index in [1.807, 2.05) is 17.9 Å². The lowest BCUT2D eigenvalue weighted by Gasteiger charge is -2.38. The molecule has 0 atom stereocenters. The highest BCUT2D eigenvalue weighted by Crippen LogP contribution is 2.44. The van der Waals surface area contributed by atoms with Gasteiger partial charge in [-0.15, -0.1) is 0 Å². The van der Waals surface area contributed by atoms with E-state index in [1.54, 1.807) is 48.6 Å². The molecule has 4 rings (SSSR count). The van der Waals surface area contributed by atoms with E-state index in [2.05, 4.69) is 0 Å². The first-order valence-corrected chi connectivity index (χ1v) is 15.7. The van der Waals surface area contributed by atoms with E-state index in [0.717, 1.165) is 9.87 Å². The molecule has 12 heteroatoms. The van der Waals surface area contributed by atoms with E-state index in [9.17, 15) is 31.0 Å². The molecule has 0 saturated heterocycles. The van der Waals surface area contributed by atoms with Gasteiger partial charge in [0, 0.05) is 36.5 Å². The molecule has 10 nitrogen and oxygen atoms in total. The average Bonchev–Trinajstić information content (AvgIpc) is 2.90. The molecule has 0 fully saturated rings. The number of para-hydroxylation sites is 1. The predicted octanol–water partition coefficient (Wildman–Crippen LogP) is 3.77. The number of carbonyl (C=O) groups is 2. The third-order valence-electron chi connectivity index (χ3n) is 6.66. The van der Waals surface area contributed by atoms with Crippen molar-refractivity contribution in [3.63, 3.8) is 0 Å². The minimum Gasteiger partial charge on any atom is -0.481 e. The molecule has 1 heterocycles. The van der Waals surface area contributed by atoms with Gasteiger partial charge in [0.1, 0.15) is 0 Å². The molecule has 2 aromatic rings. The number of fused-ring (bicyclic) bond motifs is 2. The lowest BCUT2D eigenvalue weighted by molar-refractivity contribution is -0.137. The highest BCUT2D eigenvalue weighted by atomic mass is 32.2. The zero-order valence-electron chi connectivity index (χ0n) is 21.9. The first-order valence-electron chi connectivity index (χ1n) is 12.7. The Morgan fingerprint density at radius 1 is 1.00 bits per heavy atom. The average molecular weight is 587 g/mol. The van der Waals surface area contributed by atoms with Crippen LogP contribution in [0.1, 0.15) is 36.8 Å². The summed E-state index contributed by atoms with van der Waals surface area (Å²) in [4.78, 5) is 27.3. The molecule has 0 spiro atoms. The molecule has 0 unspecified atom stereocenters. The zero-order chi connectivity index (χ0) is 29.1. The number of anilines is 1. The Kier molecular flexibility index (Phi) is 8.62. The van der Waals surface area contributed by atoms with Crippen LogP contribution in [0.5, 0.6) is 0 Å². The van der Waals surface area contributed by atoms with Gasteiger partial charge in [0.05, 0.1) is 16.2 Å². The molecular formula is C28H30N2O8S2. The molecule has 0 aromatic heterocycles. The summed E-state index contributed by atoms with van der Waals surface area (Å²) in [5.74, 6) is -2.31. The van der Waals surface area contributed by atoms with Crippen LogP contribution in [0.15, 0.2) is 82.9 Å². The normalized spacial score (nSPS) is 14.8. The summed E-state index contributed by atoms with van der Waals surface area (Å²) in [5, 5.41) is 9.16. The Balaban J connectivity index is 1.81. The number of rotatable bonds is 11. The summed E-state index contributed by atoms with van der Waals surface area (Å²) in [6.07, 6.45) is 5.47. The molecule has 1 aliphatic carbocycles. The maximum atomic E-state index is 14.3. The van der Waals surface area contributed by atoms with Gasteiger partial charge >= 0.3 is 5.97 Å². The van der Waals surface area contributed by atoms with E-state index >= 15 is 0 Å². The fourth-order valence-corrected chi connectivity index (χ4v) is 6.71. The van der Waals surface area contributed by atoms with Crippen LogP contribution in [0.4, 0.5) is 5.69 Å². The van der Waals surface area contributed by atoms with E-state index in [0.29, 0.717) is 28.9 Å². The number of aryl methyl sites for hydroxylation is 1. The number of nitrogens with zero attached hydrogens (tertiary/aromatic N) is 2. The molecule has 2 N–H and O–H groups in total.